The van der Waals surface area contributed by atoms with Gasteiger partial charge in [-0.25, -0.2) is 0 Å². The molecule has 0 amide bonds. The second kappa shape index (κ2) is 4.40. The van der Waals surface area contributed by atoms with Gasteiger partial charge in [-0.05, 0) is 39.2 Å². The Balaban J connectivity index is 2.01. The SMILES string of the molecule is Cc1c2c(c(C3(C(=O)O)CCC3)c3c1OC(C)C3)OC(C)C2. The van der Waals surface area contributed by atoms with Crippen molar-refractivity contribution in [2.75, 3.05) is 0 Å². The normalized spacial score (nSPS) is 27.4. The molecule has 1 fully saturated rings. The first-order valence-electron chi connectivity index (χ1n) is 8.19. The van der Waals surface area contributed by atoms with Gasteiger partial charge in [0.1, 0.15) is 23.7 Å². The predicted octanol–water partition coefficient (Wildman–Crippen LogP) is 3.15. The first-order chi connectivity index (χ1) is 10.4. The number of ether oxygens (including phenoxy) is 2. The molecule has 2 heterocycles. The van der Waals surface area contributed by atoms with Crippen LogP contribution in [0.2, 0.25) is 0 Å². The maximum Gasteiger partial charge on any atom is 0.314 e. The molecule has 0 spiro atoms. The maximum atomic E-state index is 12.1. The topological polar surface area (TPSA) is 55.8 Å². The average molecular weight is 302 g/mol. The molecule has 118 valence electrons. The molecular weight excluding hydrogens is 280 g/mol. The highest BCUT2D eigenvalue weighted by Gasteiger charge is 2.52. The minimum absolute atomic E-state index is 0.110. The van der Waals surface area contributed by atoms with Crippen molar-refractivity contribution in [3.63, 3.8) is 0 Å². The summed E-state index contributed by atoms with van der Waals surface area (Å²) in [7, 11) is 0. The fraction of sp³-hybridized carbons (Fsp3) is 0.611. The molecule has 0 aromatic heterocycles. The Labute approximate surface area is 130 Å². The lowest BCUT2D eigenvalue weighted by Gasteiger charge is -2.40. The van der Waals surface area contributed by atoms with Gasteiger partial charge in [-0.2, -0.15) is 0 Å². The number of hydrogen-bond acceptors (Lipinski definition) is 3. The molecule has 0 bridgehead atoms. The van der Waals surface area contributed by atoms with Crippen LogP contribution in [0.5, 0.6) is 11.5 Å². The molecule has 2 aliphatic heterocycles. The summed E-state index contributed by atoms with van der Waals surface area (Å²) in [5, 5.41) is 9.90. The van der Waals surface area contributed by atoms with Crippen LogP contribution in [0.25, 0.3) is 0 Å². The number of carboxylic acid groups (broad SMARTS) is 1. The summed E-state index contributed by atoms with van der Waals surface area (Å²) < 4.78 is 12.1. The molecule has 1 aliphatic carbocycles. The van der Waals surface area contributed by atoms with Gasteiger partial charge in [0, 0.05) is 29.5 Å². The van der Waals surface area contributed by atoms with Gasteiger partial charge in [0.2, 0.25) is 0 Å². The summed E-state index contributed by atoms with van der Waals surface area (Å²) in [4.78, 5) is 12.1. The molecule has 3 aliphatic rings. The minimum Gasteiger partial charge on any atom is -0.490 e. The van der Waals surface area contributed by atoms with Crippen LogP contribution in [-0.4, -0.2) is 23.3 Å². The second-order valence-electron chi connectivity index (χ2n) is 7.12. The Morgan fingerprint density at radius 1 is 1.09 bits per heavy atom. The van der Waals surface area contributed by atoms with Gasteiger partial charge >= 0.3 is 5.97 Å². The molecule has 1 N–H and O–H groups in total. The van der Waals surface area contributed by atoms with Crippen LogP contribution in [0, 0.1) is 6.92 Å². The third kappa shape index (κ3) is 1.61. The van der Waals surface area contributed by atoms with E-state index in [0.29, 0.717) is 12.8 Å². The molecule has 2 atom stereocenters. The average Bonchev–Trinajstić information content (AvgIpc) is 2.94. The van der Waals surface area contributed by atoms with E-state index in [1.165, 1.54) is 0 Å². The van der Waals surface area contributed by atoms with Crippen molar-refractivity contribution in [2.45, 2.75) is 70.5 Å². The van der Waals surface area contributed by atoms with Crippen LogP contribution in [0.1, 0.15) is 55.4 Å². The molecule has 4 heteroatoms. The van der Waals surface area contributed by atoms with Crippen molar-refractivity contribution < 1.29 is 19.4 Å². The van der Waals surface area contributed by atoms with Gasteiger partial charge in [0.05, 0.1) is 5.41 Å². The first-order valence-corrected chi connectivity index (χ1v) is 8.19. The Morgan fingerprint density at radius 2 is 1.68 bits per heavy atom. The largest absolute Gasteiger partial charge is 0.490 e. The Hall–Kier alpha value is -1.71. The third-order valence-electron chi connectivity index (χ3n) is 5.59. The predicted molar refractivity (Wildman–Crippen MR) is 81.9 cm³/mol. The zero-order valence-electron chi connectivity index (χ0n) is 13.4. The third-order valence-corrected chi connectivity index (χ3v) is 5.59. The number of rotatable bonds is 2. The molecule has 4 rings (SSSR count). The zero-order valence-corrected chi connectivity index (χ0v) is 13.4. The van der Waals surface area contributed by atoms with Crippen molar-refractivity contribution in [2.24, 2.45) is 0 Å². The van der Waals surface area contributed by atoms with Crippen LogP contribution in [0.15, 0.2) is 0 Å². The summed E-state index contributed by atoms with van der Waals surface area (Å²) in [5.74, 6) is 1.06. The van der Waals surface area contributed by atoms with Crippen molar-refractivity contribution in [1.29, 1.82) is 0 Å². The lowest BCUT2D eigenvalue weighted by atomic mass is 9.62. The van der Waals surface area contributed by atoms with Crippen molar-refractivity contribution in [1.82, 2.24) is 0 Å². The van der Waals surface area contributed by atoms with Gasteiger partial charge in [0.25, 0.3) is 0 Å². The number of aliphatic carboxylic acids is 1. The van der Waals surface area contributed by atoms with E-state index in [9.17, 15) is 9.90 Å². The Bertz CT molecular complexity index is 633. The van der Waals surface area contributed by atoms with E-state index in [2.05, 4.69) is 6.92 Å². The number of carboxylic acids is 1. The molecule has 1 saturated carbocycles. The number of hydrogen-bond donors (Lipinski definition) is 1. The van der Waals surface area contributed by atoms with E-state index in [-0.39, 0.29) is 12.2 Å². The Kier molecular flexibility index (Phi) is 2.78. The van der Waals surface area contributed by atoms with Crippen LogP contribution in [0.3, 0.4) is 0 Å². The number of fused-ring (bicyclic) bond motifs is 2. The first kappa shape index (κ1) is 13.9. The lowest BCUT2D eigenvalue weighted by Crippen LogP contribution is -2.43. The highest BCUT2D eigenvalue weighted by atomic mass is 16.5. The molecule has 0 saturated heterocycles. The molecule has 2 unspecified atom stereocenters. The van der Waals surface area contributed by atoms with Crippen LogP contribution < -0.4 is 9.47 Å². The van der Waals surface area contributed by atoms with Crippen molar-refractivity contribution in [3.8, 4) is 11.5 Å². The molecule has 0 radical (unpaired) electrons. The fourth-order valence-corrected chi connectivity index (χ4v) is 4.33. The van der Waals surface area contributed by atoms with E-state index in [1.54, 1.807) is 0 Å². The second-order valence-corrected chi connectivity index (χ2v) is 7.12. The van der Waals surface area contributed by atoms with E-state index in [0.717, 1.165) is 53.0 Å². The summed E-state index contributed by atoms with van der Waals surface area (Å²) in [6, 6.07) is 0. The van der Waals surface area contributed by atoms with Gasteiger partial charge in [-0.15, -0.1) is 0 Å². The minimum atomic E-state index is -0.765. The smallest absolute Gasteiger partial charge is 0.314 e. The van der Waals surface area contributed by atoms with Gasteiger partial charge in [-0.1, -0.05) is 6.42 Å². The van der Waals surface area contributed by atoms with Gasteiger partial charge in [0.15, 0.2) is 0 Å². The van der Waals surface area contributed by atoms with E-state index in [1.807, 2.05) is 13.8 Å². The summed E-state index contributed by atoms with van der Waals surface area (Å²) in [6.07, 6.45) is 4.22. The van der Waals surface area contributed by atoms with Crippen molar-refractivity contribution in [3.05, 3.63) is 22.3 Å². The summed E-state index contributed by atoms with van der Waals surface area (Å²) in [6.45, 7) is 6.17. The van der Waals surface area contributed by atoms with Gasteiger partial charge < -0.3 is 14.6 Å². The molecule has 1 aromatic rings. The summed E-state index contributed by atoms with van der Waals surface area (Å²) >= 11 is 0. The quantitative estimate of drug-likeness (QED) is 0.912. The lowest BCUT2D eigenvalue weighted by molar-refractivity contribution is -0.147. The van der Waals surface area contributed by atoms with Crippen LogP contribution in [-0.2, 0) is 23.1 Å². The standard InChI is InChI=1S/C18H22O4/c1-9-7-12-11(3)15-13(8-10(2)21-15)14(16(12)22-9)18(17(19)20)5-4-6-18/h9-10H,4-8H2,1-3H3,(H,19,20). The highest BCUT2D eigenvalue weighted by Crippen LogP contribution is 2.56. The molecule has 22 heavy (non-hydrogen) atoms. The van der Waals surface area contributed by atoms with Crippen LogP contribution >= 0.6 is 0 Å². The zero-order chi connectivity index (χ0) is 15.6. The molecule has 1 aromatic carbocycles. The van der Waals surface area contributed by atoms with E-state index in [4.69, 9.17) is 9.47 Å². The fourth-order valence-electron chi connectivity index (χ4n) is 4.33. The maximum absolute atomic E-state index is 12.1. The number of benzene rings is 1. The number of carbonyl (C=O) groups is 1. The van der Waals surface area contributed by atoms with Crippen LogP contribution in [0.4, 0.5) is 0 Å². The van der Waals surface area contributed by atoms with E-state index < -0.39 is 11.4 Å². The molecular formula is C18H22O4. The Morgan fingerprint density at radius 3 is 2.23 bits per heavy atom. The van der Waals surface area contributed by atoms with E-state index >= 15 is 0 Å². The monoisotopic (exact) mass is 302 g/mol. The van der Waals surface area contributed by atoms with Crippen molar-refractivity contribution >= 4 is 5.97 Å². The summed E-state index contributed by atoms with van der Waals surface area (Å²) in [5.41, 5.74) is 3.54. The highest BCUT2D eigenvalue weighted by molar-refractivity contribution is 5.86. The molecule has 4 nitrogen and oxygen atoms in total. The van der Waals surface area contributed by atoms with Gasteiger partial charge in [-0.3, -0.25) is 4.79 Å².